The van der Waals surface area contributed by atoms with E-state index in [9.17, 15) is 8.42 Å². The number of benzene rings is 1. The number of nitrogens with zero attached hydrogens (tertiary/aromatic N) is 1. The van der Waals surface area contributed by atoms with Crippen molar-refractivity contribution < 1.29 is 8.42 Å². The lowest BCUT2D eigenvalue weighted by molar-refractivity contribution is 0.0711. The Labute approximate surface area is 114 Å². The molecule has 5 heteroatoms. The lowest BCUT2D eigenvalue weighted by Crippen LogP contribution is -2.55. The summed E-state index contributed by atoms with van der Waals surface area (Å²) in [6.07, 6.45) is 0.941. The Morgan fingerprint density at radius 2 is 1.95 bits per heavy atom. The van der Waals surface area contributed by atoms with Crippen molar-refractivity contribution in [3.8, 4) is 0 Å². The van der Waals surface area contributed by atoms with Gasteiger partial charge in [-0.05, 0) is 31.4 Å². The maximum atomic E-state index is 12.6. The molecule has 4 nitrogen and oxygen atoms in total. The van der Waals surface area contributed by atoms with Crippen LogP contribution in [0.25, 0.3) is 0 Å². The summed E-state index contributed by atoms with van der Waals surface area (Å²) >= 11 is 0. The largest absolute Gasteiger partial charge is 0.327 e. The fourth-order valence-corrected chi connectivity index (χ4v) is 4.85. The lowest BCUT2D eigenvalue weighted by Gasteiger charge is -2.47. The second-order valence-electron chi connectivity index (χ2n) is 6.16. The Balaban J connectivity index is 1.89. The molecule has 1 saturated heterocycles. The number of nitrogens with two attached hydrogens (primary N) is 1. The van der Waals surface area contributed by atoms with Crippen LogP contribution in [0.2, 0.25) is 0 Å². The maximum absolute atomic E-state index is 12.6. The molecule has 2 fully saturated rings. The first-order valence-electron chi connectivity index (χ1n) is 6.66. The highest BCUT2D eigenvalue weighted by Gasteiger charge is 2.57. The molecule has 1 aliphatic carbocycles. The van der Waals surface area contributed by atoms with Gasteiger partial charge in [-0.1, -0.05) is 24.6 Å². The highest BCUT2D eigenvalue weighted by Crippen LogP contribution is 2.51. The monoisotopic (exact) mass is 280 g/mol. The fraction of sp³-hybridized carbons (Fsp3) is 0.571. The van der Waals surface area contributed by atoms with Crippen LogP contribution in [-0.2, 0) is 10.0 Å². The zero-order chi connectivity index (χ0) is 13.8. The summed E-state index contributed by atoms with van der Waals surface area (Å²) in [5, 5.41) is 0. The standard InChI is InChI=1S/C14H20N2O2S/c1-10-3-5-12(6-4-10)19(17,18)16-8-11-7-13(15)14(11,2)9-16/h3-6,11,13H,7-9,15H2,1-2H3/t11-,13-,14+/m0/s1. The van der Waals surface area contributed by atoms with E-state index in [1.165, 1.54) is 0 Å². The van der Waals surface area contributed by atoms with E-state index in [1.807, 2.05) is 19.1 Å². The molecule has 0 spiro atoms. The Hall–Kier alpha value is -0.910. The van der Waals surface area contributed by atoms with Gasteiger partial charge in [0.2, 0.25) is 10.0 Å². The molecule has 19 heavy (non-hydrogen) atoms. The summed E-state index contributed by atoms with van der Waals surface area (Å²) in [5.74, 6) is 0.419. The summed E-state index contributed by atoms with van der Waals surface area (Å²) in [5.41, 5.74) is 7.07. The lowest BCUT2D eigenvalue weighted by atomic mass is 9.60. The van der Waals surface area contributed by atoms with Gasteiger partial charge < -0.3 is 5.73 Å². The van der Waals surface area contributed by atoms with Crippen molar-refractivity contribution in [3.05, 3.63) is 29.8 Å². The van der Waals surface area contributed by atoms with Crippen molar-refractivity contribution in [2.24, 2.45) is 17.1 Å². The van der Waals surface area contributed by atoms with Crippen LogP contribution in [0.15, 0.2) is 29.2 Å². The van der Waals surface area contributed by atoms with Crippen LogP contribution < -0.4 is 5.73 Å². The summed E-state index contributed by atoms with van der Waals surface area (Å²) in [4.78, 5) is 0.386. The smallest absolute Gasteiger partial charge is 0.243 e. The third-order valence-electron chi connectivity index (χ3n) is 4.92. The van der Waals surface area contributed by atoms with Gasteiger partial charge in [-0.15, -0.1) is 0 Å². The van der Waals surface area contributed by atoms with Crippen LogP contribution in [0.3, 0.4) is 0 Å². The van der Waals surface area contributed by atoms with Gasteiger partial charge in [-0.3, -0.25) is 0 Å². The first-order chi connectivity index (χ1) is 8.84. The van der Waals surface area contributed by atoms with Gasteiger partial charge in [0.15, 0.2) is 0 Å². The molecule has 2 aliphatic rings. The third kappa shape index (κ3) is 1.83. The van der Waals surface area contributed by atoms with E-state index < -0.39 is 10.0 Å². The predicted molar refractivity (Wildman–Crippen MR) is 74.1 cm³/mol. The summed E-state index contributed by atoms with van der Waals surface area (Å²) < 4.78 is 26.8. The Morgan fingerprint density at radius 3 is 2.47 bits per heavy atom. The van der Waals surface area contributed by atoms with Crippen molar-refractivity contribution >= 4 is 10.0 Å². The van der Waals surface area contributed by atoms with E-state index in [-0.39, 0.29) is 11.5 Å². The number of rotatable bonds is 2. The molecule has 3 atom stereocenters. The SMILES string of the molecule is Cc1ccc(S(=O)(=O)N2C[C@@H]3C[C@H](N)[C@]3(C)C2)cc1. The molecule has 1 saturated carbocycles. The van der Waals surface area contributed by atoms with Crippen molar-refractivity contribution in [1.29, 1.82) is 0 Å². The molecule has 1 aliphatic heterocycles. The molecule has 1 aromatic rings. The highest BCUT2D eigenvalue weighted by molar-refractivity contribution is 7.89. The van der Waals surface area contributed by atoms with Crippen LogP contribution in [0.4, 0.5) is 0 Å². The van der Waals surface area contributed by atoms with Crippen LogP contribution in [0.5, 0.6) is 0 Å². The number of sulfonamides is 1. The summed E-state index contributed by atoms with van der Waals surface area (Å²) in [7, 11) is -3.37. The van der Waals surface area contributed by atoms with Gasteiger partial charge in [0.25, 0.3) is 0 Å². The van der Waals surface area contributed by atoms with Crippen molar-refractivity contribution in [2.75, 3.05) is 13.1 Å². The second kappa shape index (κ2) is 4.04. The molecule has 3 rings (SSSR count). The number of hydrogen-bond acceptors (Lipinski definition) is 3. The first-order valence-corrected chi connectivity index (χ1v) is 8.10. The minimum absolute atomic E-state index is 0.0300. The average molecular weight is 280 g/mol. The minimum Gasteiger partial charge on any atom is -0.327 e. The van der Waals surface area contributed by atoms with E-state index in [0.29, 0.717) is 23.9 Å². The molecule has 0 amide bonds. The van der Waals surface area contributed by atoms with Gasteiger partial charge in [0, 0.05) is 24.5 Å². The molecule has 1 heterocycles. The van der Waals surface area contributed by atoms with Crippen LogP contribution in [0.1, 0.15) is 18.9 Å². The van der Waals surface area contributed by atoms with Gasteiger partial charge >= 0.3 is 0 Å². The molecule has 2 N–H and O–H groups in total. The topological polar surface area (TPSA) is 63.4 Å². The van der Waals surface area contributed by atoms with Crippen molar-refractivity contribution in [2.45, 2.75) is 31.2 Å². The quantitative estimate of drug-likeness (QED) is 0.889. The van der Waals surface area contributed by atoms with Gasteiger partial charge in [0.1, 0.15) is 0 Å². The van der Waals surface area contributed by atoms with E-state index in [1.54, 1.807) is 16.4 Å². The van der Waals surface area contributed by atoms with Gasteiger partial charge in [-0.2, -0.15) is 4.31 Å². The molecule has 1 aromatic carbocycles. The van der Waals surface area contributed by atoms with Crippen molar-refractivity contribution in [3.63, 3.8) is 0 Å². The number of fused-ring (bicyclic) bond motifs is 1. The van der Waals surface area contributed by atoms with E-state index in [0.717, 1.165) is 12.0 Å². The van der Waals surface area contributed by atoms with E-state index >= 15 is 0 Å². The Kier molecular flexibility index (Phi) is 2.78. The van der Waals surface area contributed by atoms with Crippen molar-refractivity contribution in [1.82, 2.24) is 4.31 Å². The summed E-state index contributed by atoms with van der Waals surface area (Å²) in [6.45, 7) is 5.22. The van der Waals surface area contributed by atoms with Gasteiger partial charge in [-0.25, -0.2) is 8.42 Å². The Morgan fingerprint density at radius 1 is 1.32 bits per heavy atom. The zero-order valence-corrected chi connectivity index (χ0v) is 12.2. The van der Waals surface area contributed by atoms with Crippen LogP contribution >= 0.6 is 0 Å². The highest BCUT2D eigenvalue weighted by atomic mass is 32.2. The third-order valence-corrected chi connectivity index (χ3v) is 6.74. The number of aryl methyl sites for hydroxylation is 1. The van der Waals surface area contributed by atoms with Crippen LogP contribution in [0, 0.1) is 18.3 Å². The van der Waals surface area contributed by atoms with Crippen LogP contribution in [-0.4, -0.2) is 31.9 Å². The maximum Gasteiger partial charge on any atom is 0.243 e. The molecular weight excluding hydrogens is 260 g/mol. The Bertz CT molecular complexity index is 596. The normalized spacial score (nSPS) is 34.9. The van der Waals surface area contributed by atoms with E-state index in [2.05, 4.69) is 6.92 Å². The second-order valence-corrected chi connectivity index (χ2v) is 8.09. The zero-order valence-electron chi connectivity index (χ0n) is 11.3. The predicted octanol–water partition coefficient (Wildman–Crippen LogP) is 1.35. The fourth-order valence-electron chi connectivity index (χ4n) is 3.25. The molecular formula is C14H20N2O2S. The molecule has 0 bridgehead atoms. The molecule has 0 aromatic heterocycles. The molecule has 0 radical (unpaired) electrons. The minimum atomic E-state index is -3.37. The average Bonchev–Trinajstić information content (AvgIpc) is 2.64. The van der Waals surface area contributed by atoms with Gasteiger partial charge in [0.05, 0.1) is 4.90 Å². The first kappa shape index (κ1) is 13.1. The molecule has 0 unspecified atom stereocenters. The number of hydrogen-bond donors (Lipinski definition) is 1. The molecule has 104 valence electrons. The van der Waals surface area contributed by atoms with E-state index in [4.69, 9.17) is 5.73 Å². The summed E-state index contributed by atoms with van der Waals surface area (Å²) in [6, 6.07) is 7.19.